The van der Waals surface area contributed by atoms with Crippen LogP contribution in [-0.4, -0.2) is 16.6 Å². The Bertz CT molecular complexity index is 477. The van der Waals surface area contributed by atoms with Crippen LogP contribution in [0.1, 0.15) is 49.4 Å². The fourth-order valence-corrected chi connectivity index (χ4v) is 2.61. The van der Waals surface area contributed by atoms with Gasteiger partial charge in [0, 0.05) is 12.2 Å². The number of ether oxygens (including phenoxy) is 1. The Morgan fingerprint density at radius 3 is 3.00 bits per heavy atom. The van der Waals surface area contributed by atoms with Gasteiger partial charge in [0.2, 0.25) is 0 Å². The average Bonchev–Trinajstić information content (AvgIpc) is 3.03. The molecule has 0 aromatic carbocycles. The Hall–Kier alpha value is -1.16. The third kappa shape index (κ3) is 2.02. The second kappa shape index (κ2) is 4.26. The summed E-state index contributed by atoms with van der Waals surface area (Å²) in [6, 6.07) is 0. The van der Waals surface area contributed by atoms with Gasteiger partial charge in [0.1, 0.15) is 11.9 Å². The van der Waals surface area contributed by atoms with Crippen molar-refractivity contribution in [1.29, 1.82) is 0 Å². The molecule has 0 saturated heterocycles. The van der Waals surface area contributed by atoms with Crippen LogP contribution in [0.4, 0.5) is 0 Å². The molecule has 0 bridgehead atoms. The van der Waals surface area contributed by atoms with E-state index < -0.39 is 0 Å². The molecule has 4 nitrogen and oxygen atoms in total. The van der Waals surface area contributed by atoms with Gasteiger partial charge in [0.25, 0.3) is 5.56 Å². The second-order valence-electron chi connectivity index (χ2n) is 4.94. The molecule has 1 aromatic heterocycles. The Labute approximate surface area is 100 Å². The molecule has 17 heavy (non-hydrogen) atoms. The number of fused-ring (bicyclic) bond motifs is 1. The highest BCUT2D eigenvalue weighted by atomic mass is 16.5. The molecule has 0 aliphatic heterocycles. The molecular formula is C13H18N2O2. The van der Waals surface area contributed by atoms with Crippen molar-refractivity contribution in [1.82, 2.24) is 9.97 Å². The van der Waals surface area contributed by atoms with E-state index in [4.69, 9.17) is 4.74 Å². The maximum absolute atomic E-state index is 11.9. The highest BCUT2D eigenvalue weighted by Gasteiger charge is 2.35. The number of nitrogens with zero attached hydrogens (tertiary/aromatic N) is 1. The van der Waals surface area contributed by atoms with Crippen LogP contribution < -0.4 is 5.56 Å². The summed E-state index contributed by atoms with van der Waals surface area (Å²) in [5.41, 5.74) is 1.93. The maximum atomic E-state index is 11.9. The number of aromatic nitrogens is 2. The van der Waals surface area contributed by atoms with Crippen molar-refractivity contribution in [3.05, 3.63) is 27.4 Å². The summed E-state index contributed by atoms with van der Waals surface area (Å²) in [6.07, 6.45) is 5.24. The summed E-state index contributed by atoms with van der Waals surface area (Å²) >= 11 is 0. The topological polar surface area (TPSA) is 55.0 Å². The van der Waals surface area contributed by atoms with Gasteiger partial charge in [-0.3, -0.25) is 4.79 Å². The first-order valence-corrected chi connectivity index (χ1v) is 6.53. The quantitative estimate of drug-likeness (QED) is 0.863. The van der Waals surface area contributed by atoms with Gasteiger partial charge in [-0.1, -0.05) is 0 Å². The van der Waals surface area contributed by atoms with Crippen molar-refractivity contribution in [2.75, 3.05) is 6.61 Å². The molecule has 0 radical (unpaired) electrons. The lowest BCUT2D eigenvalue weighted by Crippen LogP contribution is -2.21. The Balaban J connectivity index is 1.96. The Kier molecular flexibility index (Phi) is 2.74. The highest BCUT2D eigenvalue weighted by molar-refractivity contribution is 5.23. The van der Waals surface area contributed by atoms with Crippen LogP contribution in [0.25, 0.3) is 0 Å². The minimum Gasteiger partial charge on any atom is -0.370 e. The van der Waals surface area contributed by atoms with Crippen LogP contribution in [0, 0.1) is 5.92 Å². The second-order valence-corrected chi connectivity index (χ2v) is 4.94. The first-order chi connectivity index (χ1) is 8.29. The smallest absolute Gasteiger partial charge is 0.254 e. The van der Waals surface area contributed by atoms with Gasteiger partial charge < -0.3 is 9.72 Å². The van der Waals surface area contributed by atoms with E-state index in [-0.39, 0.29) is 11.7 Å². The molecule has 92 valence electrons. The number of aromatic amines is 1. The van der Waals surface area contributed by atoms with Gasteiger partial charge in [-0.25, -0.2) is 4.98 Å². The zero-order valence-electron chi connectivity index (χ0n) is 10.2. The largest absolute Gasteiger partial charge is 0.370 e. The maximum Gasteiger partial charge on any atom is 0.254 e. The molecular weight excluding hydrogens is 216 g/mol. The van der Waals surface area contributed by atoms with E-state index in [2.05, 4.69) is 9.97 Å². The lowest BCUT2D eigenvalue weighted by molar-refractivity contribution is 0.0397. The normalized spacial score (nSPS) is 20.3. The van der Waals surface area contributed by atoms with Crippen LogP contribution >= 0.6 is 0 Å². The number of hydrogen-bond donors (Lipinski definition) is 1. The van der Waals surface area contributed by atoms with Crippen molar-refractivity contribution in [3.63, 3.8) is 0 Å². The summed E-state index contributed by atoms with van der Waals surface area (Å²) in [4.78, 5) is 19.5. The molecule has 1 fully saturated rings. The SMILES string of the molecule is CCOC(c1nc2c(c(=O)[nH]1)CCC2)C1CC1. The van der Waals surface area contributed by atoms with Crippen molar-refractivity contribution in [2.45, 2.75) is 45.1 Å². The lowest BCUT2D eigenvalue weighted by Gasteiger charge is -2.16. The molecule has 1 N–H and O–H groups in total. The fourth-order valence-electron chi connectivity index (χ4n) is 2.61. The van der Waals surface area contributed by atoms with Crippen LogP contribution in [0.3, 0.4) is 0 Å². The minimum atomic E-state index is -0.00130. The van der Waals surface area contributed by atoms with Gasteiger partial charge >= 0.3 is 0 Å². The van der Waals surface area contributed by atoms with Crippen LogP contribution in [0.2, 0.25) is 0 Å². The van der Waals surface area contributed by atoms with Crippen LogP contribution in [-0.2, 0) is 17.6 Å². The third-order valence-electron chi connectivity index (χ3n) is 3.63. The number of H-pyrrole nitrogens is 1. The molecule has 1 heterocycles. The molecule has 1 saturated carbocycles. The lowest BCUT2D eigenvalue weighted by atomic mass is 10.2. The number of aryl methyl sites for hydroxylation is 1. The van der Waals surface area contributed by atoms with E-state index in [0.29, 0.717) is 12.5 Å². The Morgan fingerprint density at radius 1 is 1.47 bits per heavy atom. The van der Waals surface area contributed by atoms with Gasteiger partial charge in [-0.05, 0) is 44.9 Å². The van der Waals surface area contributed by atoms with Crippen LogP contribution in [0.15, 0.2) is 4.79 Å². The summed E-state index contributed by atoms with van der Waals surface area (Å²) in [5.74, 6) is 1.30. The summed E-state index contributed by atoms with van der Waals surface area (Å²) < 4.78 is 5.73. The monoisotopic (exact) mass is 234 g/mol. The summed E-state index contributed by atoms with van der Waals surface area (Å²) in [7, 11) is 0. The van der Waals surface area contributed by atoms with E-state index in [0.717, 1.165) is 36.3 Å². The van der Waals surface area contributed by atoms with E-state index in [1.54, 1.807) is 0 Å². The molecule has 3 rings (SSSR count). The van der Waals surface area contributed by atoms with E-state index >= 15 is 0 Å². The summed E-state index contributed by atoms with van der Waals surface area (Å²) in [5, 5.41) is 0. The first kappa shape index (κ1) is 11.0. The molecule has 0 spiro atoms. The fraction of sp³-hybridized carbons (Fsp3) is 0.692. The van der Waals surface area contributed by atoms with Crippen molar-refractivity contribution < 1.29 is 4.74 Å². The highest BCUT2D eigenvalue weighted by Crippen LogP contribution is 2.42. The van der Waals surface area contributed by atoms with Crippen molar-refractivity contribution >= 4 is 0 Å². The molecule has 2 aliphatic rings. The molecule has 0 amide bonds. The average molecular weight is 234 g/mol. The molecule has 1 aromatic rings. The molecule has 2 aliphatic carbocycles. The molecule has 1 atom stereocenters. The number of rotatable bonds is 4. The zero-order chi connectivity index (χ0) is 11.8. The third-order valence-corrected chi connectivity index (χ3v) is 3.63. The van der Waals surface area contributed by atoms with Gasteiger partial charge in [-0.2, -0.15) is 0 Å². The van der Waals surface area contributed by atoms with Gasteiger partial charge in [-0.15, -0.1) is 0 Å². The van der Waals surface area contributed by atoms with Crippen molar-refractivity contribution in [2.24, 2.45) is 5.92 Å². The predicted molar refractivity (Wildman–Crippen MR) is 64.0 cm³/mol. The molecule has 4 heteroatoms. The first-order valence-electron chi connectivity index (χ1n) is 6.53. The Morgan fingerprint density at radius 2 is 2.29 bits per heavy atom. The standard InChI is InChI=1S/C13H18N2O2/c1-2-17-11(8-6-7-8)12-14-10-5-3-4-9(10)13(16)15-12/h8,11H,2-7H2,1H3,(H,14,15,16). The molecule has 1 unspecified atom stereocenters. The number of nitrogens with one attached hydrogen (secondary N) is 1. The summed E-state index contributed by atoms with van der Waals surface area (Å²) in [6.45, 7) is 2.66. The van der Waals surface area contributed by atoms with E-state index in [1.165, 1.54) is 12.8 Å². The van der Waals surface area contributed by atoms with E-state index in [9.17, 15) is 4.79 Å². The van der Waals surface area contributed by atoms with Crippen molar-refractivity contribution in [3.8, 4) is 0 Å². The van der Waals surface area contributed by atoms with Crippen LogP contribution in [0.5, 0.6) is 0 Å². The minimum absolute atomic E-state index is 0.00130. The number of hydrogen-bond acceptors (Lipinski definition) is 3. The van der Waals surface area contributed by atoms with Gasteiger partial charge in [0.05, 0.1) is 5.69 Å². The predicted octanol–water partition coefficient (Wildman–Crippen LogP) is 1.75. The van der Waals surface area contributed by atoms with Gasteiger partial charge in [0.15, 0.2) is 0 Å². The van der Waals surface area contributed by atoms with E-state index in [1.807, 2.05) is 6.92 Å². The zero-order valence-corrected chi connectivity index (χ0v) is 10.2.